The third kappa shape index (κ3) is 3.04. The van der Waals surface area contributed by atoms with Crippen LogP contribution >= 0.6 is 0 Å². The largest absolute Gasteiger partial charge is 0.366 e. The Balaban J connectivity index is 1.43. The number of hydrogen-bond donors (Lipinski definition) is 1. The summed E-state index contributed by atoms with van der Waals surface area (Å²) in [5.74, 6) is 1.67. The fraction of sp³-hybridized carbons (Fsp3) is 0.765. The van der Waals surface area contributed by atoms with Gasteiger partial charge in [-0.25, -0.2) is 12.7 Å². The van der Waals surface area contributed by atoms with Crippen molar-refractivity contribution in [2.45, 2.75) is 56.2 Å². The number of hydrogen-bond acceptors (Lipinski definition) is 5. The van der Waals surface area contributed by atoms with E-state index in [0.717, 1.165) is 44.3 Å². The third-order valence-corrected chi connectivity index (χ3v) is 8.39. The molecule has 1 aromatic rings. The van der Waals surface area contributed by atoms with Gasteiger partial charge in [-0.2, -0.15) is 5.10 Å². The first kappa shape index (κ1) is 16.3. The maximum absolute atomic E-state index is 13.0. The van der Waals surface area contributed by atoms with E-state index in [4.69, 9.17) is 0 Å². The fourth-order valence-corrected chi connectivity index (χ4v) is 6.88. The molecule has 2 saturated carbocycles. The standard InChI is InChI=1S/C17H26N4O2S/c22-24(23,14-5-2-1-3-6-14)21-11-13-8-9-16(15(13)12-21)19-17-7-4-10-18-20-17/h4,7,10,13-16H,1-3,5-6,8-9,11-12H2,(H,19,20)/t13-,15+,16-/m1/s1. The molecular formula is C17H26N4O2S. The number of aromatic nitrogens is 2. The summed E-state index contributed by atoms with van der Waals surface area (Å²) in [4.78, 5) is 0. The third-order valence-electron chi connectivity index (χ3n) is 6.06. The van der Waals surface area contributed by atoms with Crippen LogP contribution in [0.3, 0.4) is 0 Å². The molecule has 7 heteroatoms. The molecular weight excluding hydrogens is 324 g/mol. The van der Waals surface area contributed by atoms with Crippen LogP contribution < -0.4 is 5.32 Å². The Bertz CT molecular complexity index is 660. The first-order valence-corrected chi connectivity index (χ1v) is 10.7. The average molecular weight is 350 g/mol. The summed E-state index contributed by atoms with van der Waals surface area (Å²) in [7, 11) is -3.12. The Labute approximate surface area is 144 Å². The molecule has 0 unspecified atom stereocenters. The summed E-state index contributed by atoms with van der Waals surface area (Å²) in [6, 6.07) is 4.10. The number of nitrogens with one attached hydrogen (secondary N) is 1. The number of fused-ring (bicyclic) bond motifs is 1. The molecule has 3 fully saturated rings. The number of rotatable bonds is 4. The number of anilines is 1. The van der Waals surface area contributed by atoms with Gasteiger partial charge in [-0.3, -0.25) is 0 Å². The summed E-state index contributed by atoms with van der Waals surface area (Å²) < 4.78 is 27.7. The maximum Gasteiger partial charge on any atom is 0.216 e. The predicted octanol–water partition coefficient (Wildman–Crippen LogP) is 2.26. The van der Waals surface area contributed by atoms with Crippen molar-refractivity contribution < 1.29 is 8.42 Å². The van der Waals surface area contributed by atoms with Crippen molar-refractivity contribution in [3.05, 3.63) is 18.3 Å². The smallest absolute Gasteiger partial charge is 0.216 e. The first-order chi connectivity index (χ1) is 11.6. The highest BCUT2D eigenvalue weighted by atomic mass is 32.2. The summed E-state index contributed by atoms with van der Waals surface area (Å²) in [6.07, 6.45) is 8.83. The van der Waals surface area contributed by atoms with E-state index in [1.54, 1.807) is 10.5 Å². The van der Waals surface area contributed by atoms with Gasteiger partial charge in [0.15, 0.2) is 0 Å². The van der Waals surface area contributed by atoms with E-state index >= 15 is 0 Å². The lowest BCUT2D eigenvalue weighted by molar-refractivity contribution is 0.407. The molecule has 6 nitrogen and oxygen atoms in total. The van der Waals surface area contributed by atoms with Gasteiger partial charge in [0, 0.05) is 25.3 Å². The molecule has 3 atom stereocenters. The second-order valence-corrected chi connectivity index (χ2v) is 9.70. The Morgan fingerprint density at radius 1 is 1.08 bits per heavy atom. The Morgan fingerprint density at radius 3 is 2.67 bits per heavy atom. The molecule has 0 spiro atoms. The SMILES string of the molecule is O=S(=O)(C1CCCCC1)N1C[C@H]2CC[C@@H](Nc3cccnn3)[C@H]2C1. The second kappa shape index (κ2) is 6.59. The van der Waals surface area contributed by atoms with Gasteiger partial charge in [-0.1, -0.05) is 19.3 Å². The molecule has 1 saturated heterocycles. The maximum atomic E-state index is 13.0. The van der Waals surface area contributed by atoms with Crippen molar-refractivity contribution in [1.29, 1.82) is 0 Å². The van der Waals surface area contributed by atoms with Gasteiger partial charge in [0.25, 0.3) is 0 Å². The van der Waals surface area contributed by atoms with Crippen molar-refractivity contribution >= 4 is 15.8 Å². The molecule has 1 N–H and O–H groups in total. The summed E-state index contributed by atoms with van der Waals surface area (Å²) in [5.41, 5.74) is 0. The lowest BCUT2D eigenvalue weighted by Gasteiger charge is -2.28. The fourth-order valence-electron chi connectivity index (χ4n) is 4.75. The van der Waals surface area contributed by atoms with E-state index in [1.165, 1.54) is 6.42 Å². The van der Waals surface area contributed by atoms with Crippen LogP contribution in [0.5, 0.6) is 0 Å². The van der Waals surface area contributed by atoms with Crippen molar-refractivity contribution in [2.75, 3.05) is 18.4 Å². The van der Waals surface area contributed by atoms with E-state index < -0.39 is 10.0 Å². The predicted molar refractivity (Wildman–Crippen MR) is 93.0 cm³/mol. The highest BCUT2D eigenvalue weighted by Gasteiger charge is 2.47. The van der Waals surface area contributed by atoms with Crippen LogP contribution in [0.2, 0.25) is 0 Å². The molecule has 24 heavy (non-hydrogen) atoms. The lowest BCUT2D eigenvalue weighted by atomic mass is 9.98. The molecule has 1 aliphatic heterocycles. The van der Waals surface area contributed by atoms with Gasteiger partial charge >= 0.3 is 0 Å². The Morgan fingerprint density at radius 2 is 1.92 bits per heavy atom. The van der Waals surface area contributed by atoms with Gasteiger partial charge < -0.3 is 5.32 Å². The van der Waals surface area contributed by atoms with E-state index in [0.29, 0.717) is 31.0 Å². The first-order valence-electron chi connectivity index (χ1n) is 9.18. The zero-order valence-electron chi connectivity index (χ0n) is 14.0. The molecule has 4 rings (SSSR count). The van der Waals surface area contributed by atoms with Gasteiger partial charge in [0.05, 0.1) is 5.25 Å². The zero-order chi connectivity index (χ0) is 16.6. The summed E-state index contributed by atoms with van der Waals surface area (Å²) >= 11 is 0. The van der Waals surface area contributed by atoms with Crippen LogP contribution in [0.4, 0.5) is 5.82 Å². The van der Waals surface area contributed by atoms with Gasteiger partial charge in [-0.05, 0) is 49.7 Å². The molecule has 2 heterocycles. The highest BCUT2D eigenvalue weighted by Crippen LogP contribution is 2.41. The van der Waals surface area contributed by atoms with E-state index in [2.05, 4.69) is 15.5 Å². The molecule has 2 aliphatic carbocycles. The van der Waals surface area contributed by atoms with E-state index in [9.17, 15) is 8.42 Å². The Hall–Kier alpha value is -1.21. The van der Waals surface area contributed by atoms with Gasteiger partial charge in [-0.15, -0.1) is 5.10 Å². The van der Waals surface area contributed by atoms with E-state index in [1.807, 2.05) is 12.1 Å². The second-order valence-electron chi connectivity index (χ2n) is 7.48. The van der Waals surface area contributed by atoms with Crippen molar-refractivity contribution in [3.8, 4) is 0 Å². The molecule has 0 bridgehead atoms. The minimum Gasteiger partial charge on any atom is -0.366 e. The topological polar surface area (TPSA) is 75.2 Å². The Kier molecular flexibility index (Phi) is 4.47. The molecule has 0 amide bonds. The lowest BCUT2D eigenvalue weighted by Crippen LogP contribution is -2.40. The quantitative estimate of drug-likeness (QED) is 0.901. The van der Waals surface area contributed by atoms with E-state index in [-0.39, 0.29) is 5.25 Å². The van der Waals surface area contributed by atoms with Crippen molar-refractivity contribution in [2.24, 2.45) is 11.8 Å². The van der Waals surface area contributed by atoms with Gasteiger partial charge in [0.1, 0.15) is 5.82 Å². The molecule has 0 radical (unpaired) electrons. The van der Waals surface area contributed by atoms with Crippen LogP contribution in [0.1, 0.15) is 44.9 Å². The van der Waals surface area contributed by atoms with Crippen LogP contribution in [0.25, 0.3) is 0 Å². The monoisotopic (exact) mass is 350 g/mol. The highest BCUT2D eigenvalue weighted by molar-refractivity contribution is 7.89. The van der Waals surface area contributed by atoms with Crippen LogP contribution in [-0.4, -0.2) is 47.3 Å². The minimum absolute atomic E-state index is 0.142. The average Bonchev–Trinajstić information content (AvgIpc) is 3.19. The minimum atomic E-state index is -3.12. The number of nitrogens with zero attached hydrogens (tertiary/aromatic N) is 3. The molecule has 1 aromatic heterocycles. The van der Waals surface area contributed by atoms with Crippen molar-refractivity contribution in [1.82, 2.24) is 14.5 Å². The van der Waals surface area contributed by atoms with Crippen molar-refractivity contribution in [3.63, 3.8) is 0 Å². The summed E-state index contributed by atoms with van der Waals surface area (Å²) in [6.45, 7) is 1.38. The molecule has 0 aromatic carbocycles. The van der Waals surface area contributed by atoms with Crippen LogP contribution in [0.15, 0.2) is 18.3 Å². The number of sulfonamides is 1. The summed E-state index contributed by atoms with van der Waals surface area (Å²) in [5, 5.41) is 11.3. The zero-order valence-corrected chi connectivity index (χ0v) is 14.8. The molecule has 3 aliphatic rings. The normalized spacial score (nSPS) is 31.9. The molecule has 132 valence electrons. The van der Waals surface area contributed by atoms with Crippen LogP contribution in [0, 0.1) is 11.8 Å². The van der Waals surface area contributed by atoms with Gasteiger partial charge in [0.2, 0.25) is 10.0 Å². The van der Waals surface area contributed by atoms with Crippen LogP contribution in [-0.2, 0) is 10.0 Å².